The van der Waals surface area contributed by atoms with Gasteiger partial charge in [-0.2, -0.15) is 0 Å². The number of hydrogen-bond acceptors (Lipinski definition) is 1. The SMILES string of the molecule is C=c1cc(CCC)cc/c1=C(/C=C(\C)c1ccccc1)OC. The standard InChI is InChI=1S/C21H24O/c1-5-9-18-12-13-20(17(3)14-18)21(22-4)15-16(2)19-10-7-6-8-11-19/h6-8,10-15H,3,5,9H2,1-2,4H3/b16-15+,21-20+. The van der Waals surface area contributed by atoms with Crippen molar-refractivity contribution in [1.82, 2.24) is 0 Å². The van der Waals surface area contributed by atoms with E-state index in [1.165, 1.54) is 16.7 Å². The largest absolute Gasteiger partial charge is 0.496 e. The minimum absolute atomic E-state index is 0.856. The fraction of sp³-hybridized carbons (Fsp3) is 0.238. The number of ether oxygens (including phenoxy) is 1. The zero-order valence-corrected chi connectivity index (χ0v) is 13.7. The zero-order chi connectivity index (χ0) is 15.9. The summed E-state index contributed by atoms with van der Waals surface area (Å²) in [6.07, 6.45) is 4.31. The van der Waals surface area contributed by atoms with Crippen molar-refractivity contribution in [3.8, 4) is 0 Å². The van der Waals surface area contributed by atoms with Gasteiger partial charge in [0.25, 0.3) is 0 Å². The van der Waals surface area contributed by atoms with Crippen LogP contribution in [0.15, 0.2) is 54.6 Å². The second kappa shape index (κ2) is 7.65. The molecule has 1 heteroatoms. The van der Waals surface area contributed by atoms with Crippen molar-refractivity contribution in [2.24, 2.45) is 0 Å². The van der Waals surface area contributed by atoms with Crippen LogP contribution in [-0.4, -0.2) is 7.11 Å². The van der Waals surface area contributed by atoms with E-state index in [2.05, 4.69) is 56.8 Å². The summed E-state index contributed by atoms with van der Waals surface area (Å²) in [7, 11) is 1.71. The predicted octanol–water partition coefficient (Wildman–Crippen LogP) is 3.91. The number of rotatable bonds is 5. The first-order valence-electron chi connectivity index (χ1n) is 7.75. The number of benzene rings is 2. The van der Waals surface area contributed by atoms with Crippen molar-refractivity contribution in [1.29, 1.82) is 0 Å². The lowest BCUT2D eigenvalue weighted by Crippen LogP contribution is -2.26. The van der Waals surface area contributed by atoms with Crippen LogP contribution in [0.1, 0.15) is 31.4 Å². The van der Waals surface area contributed by atoms with Crippen LogP contribution in [0.2, 0.25) is 0 Å². The fourth-order valence-electron chi connectivity index (χ4n) is 2.56. The molecule has 0 unspecified atom stereocenters. The summed E-state index contributed by atoms with van der Waals surface area (Å²) in [5.74, 6) is 0.856. The van der Waals surface area contributed by atoms with Crippen molar-refractivity contribution >= 4 is 17.9 Å². The molecule has 0 atom stereocenters. The topological polar surface area (TPSA) is 9.23 Å². The minimum Gasteiger partial charge on any atom is -0.496 e. The molecule has 1 nitrogen and oxygen atoms in total. The minimum atomic E-state index is 0.856. The van der Waals surface area contributed by atoms with Crippen molar-refractivity contribution in [2.75, 3.05) is 7.11 Å². The van der Waals surface area contributed by atoms with Gasteiger partial charge in [0.15, 0.2) is 0 Å². The molecule has 0 aliphatic carbocycles. The first kappa shape index (κ1) is 16.1. The molecular formula is C21H24O. The normalized spacial score (nSPS) is 13.0. The molecule has 0 heterocycles. The quantitative estimate of drug-likeness (QED) is 0.812. The van der Waals surface area contributed by atoms with Crippen molar-refractivity contribution in [2.45, 2.75) is 26.7 Å². The molecule has 0 aliphatic heterocycles. The average Bonchev–Trinajstić information content (AvgIpc) is 2.54. The molecule has 0 saturated heterocycles. The molecule has 2 rings (SSSR count). The van der Waals surface area contributed by atoms with E-state index in [1.807, 2.05) is 18.2 Å². The van der Waals surface area contributed by atoms with Crippen LogP contribution >= 0.6 is 0 Å². The molecule has 0 N–H and O–H groups in total. The summed E-state index contributed by atoms with van der Waals surface area (Å²) in [5.41, 5.74) is 3.70. The summed E-state index contributed by atoms with van der Waals surface area (Å²) in [6.45, 7) is 8.47. The lowest BCUT2D eigenvalue weighted by atomic mass is 10.0. The van der Waals surface area contributed by atoms with E-state index >= 15 is 0 Å². The van der Waals surface area contributed by atoms with Crippen LogP contribution in [0.25, 0.3) is 17.9 Å². The van der Waals surface area contributed by atoms with Gasteiger partial charge in [-0.25, -0.2) is 0 Å². The smallest absolute Gasteiger partial charge is 0.126 e. The summed E-state index contributed by atoms with van der Waals surface area (Å²) in [5, 5.41) is 2.07. The zero-order valence-electron chi connectivity index (χ0n) is 13.7. The van der Waals surface area contributed by atoms with Gasteiger partial charge in [0.05, 0.1) is 7.11 Å². The molecule has 0 amide bonds. The van der Waals surface area contributed by atoms with Gasteiger partial charge in [0.1, 0.15) is 5.76 Å². The Kier molecular flexibility index (Phi) is 5.60. The highest BCUT2D eigenvalue weighted by Crippen LogP contribution is 2.15. The maximum atomic E-state index is 5.61. The molecule has 0 radical (unpaired) electrons. The molecule has 0 aromatic heterocycles. The Hall–Kier alpha value is -2.28. The lowest BCUT2D eigenvalue weighted by Gasteiger charge is -2.06. The summed E-state index contributed by atoms with van der Waals surface area (Å²) < 4.78 is 5.61. The molecule has 0 aliphatic rings. The van der Waals surface area contributed by atoms with Gasteiger partial charge >= 0.3 is 0 Å². The lowest BCUT2D eigenvalue weighted by molar-refractivity contribution is 0.370. The molecule has 0 spiro atoms. The summed E-state index contributed by atoms with van der Waals surface area (Å²) in [6, 6.07) is 16.8. The van der Waals surface area contributed by atoms with Crippen LogP contribution in [-0.2, 0) is 11.2 Å². The van der Waals surface area contributed by atoms with Gasteiger partial charge in [-0.05, 0) is 41.3 Å². The molecule has 114 valence electrons. The third-order valence-electron chi connectivity index (χ3n) is 3.77. The highest BCUT2D eigenvalue weighted by Gasteiger charge is 2.00. The Morgan fingerprint density at radius 2 is 1.86 bits per heavy atom. The van der Waals surface area contributed by atoms with Crippen LogP contribution in [0, 0.1) is 0 Å². The third kappa shape index (κ3) is 3.88. The van der Waals surface area contributed by atoms with Crippen LogP contribution in [0.5, 0.6) is 0 Å². The Bertz CT molecular complexity index is 754. The molecule has 0 saturated carbocycles. The first-order valence-corrected chi connectivity index (χ1v) is 7.75. The molecule has 0 fully saturated rings. The Morgan fingerprint density at radius 3 is 2.45 bits per heavy atom. The highest BCUT2D eigenvalue weighted by molar-refractivity contribution is 5.72. The van der Waals surface area contributed by atoms with Gasteiger partial charge in [-0.15, -0.1) is 0 Å². The van der Waals surface area contributed by atoms with E-state index in [-0.39, 0.29) is 0 Å². The fourth-order valence-corrected chi connectivity index (χ4v) is 2.56. The highest BCUT2D eigenvalue weighted by atomic mass is 16.5. The summed E-state index contributed by atoms with van der Waals surface area (Å²) >= 11 is 0. The molecule has 22 heavy (non-hydrogen) atoms. The van der Waals surface area contributed by atoms with Crippen molar-refractivity contribution < 1.29 is 4.74 Å². The maximum absolute atomic E-state index is 5.61. The number of hydrogen-bond donors (Lipinski definition) is 0. The number of allylic oxidation sites excluding steroid dienone is 1. The van der Waals surface area contributed by atoms with E-state index in [0.29, 0.717) is 0 Å². The maximum Gasteiger partial charge on any atom is 0.126 e. The van der Waals surface area contributed by atoms with E-state index in [0.717, 1.165) is 29.0 Å². The van der Waals surface area contributed by atoms with E-state index in [9.17, 15) is 0 Å². The Morgan fingerprint density at radius 1 is 1.14 bits per heavy atom. The average molecular weight is 292 g/mol. The van der Waals surface area contributed by atoms with Gasteiger partial charge in [-0.3, -0.25) is 0 Å². The summed E-state index contributed by atoms with van der Waals surface area (Å²) in [4.78, 5) is 0. The van der Waals surface area contributed by atoms with Gasteiger partial charge in [-0.1, -0.05) is 68.5 Å². The molecule has 2 aromatic rings. The second-order valence-corrected chi connectivity index (χ2v) is 5.50. The predicted molar refractivity (Wildman–Crippen MR) is 95.7 cm³/mol. The monoisotopic (exact) mass is 292 g/mol. The van der Waals surface area contributed by atoms with E-state index in [4.69, 9.17) is 4.74 Å². The van der Waals surface area contributed by atoms with E-state index < -0.39 is 0 Å². The van der Waals surface area contributed by atoms with Gasteiger partial charge < -0.3 is 4.74 Å². The molecule has 0 bridgehead atoms. The first-order chi connectivity index (χ1) is 10.7. The van der Waals surface area contributed by atoms with E-state index in [1.54, 1.807) is 7.11 Å². The van der Waals surface area contributed by atoms with Crippen LogP contribution in [0.3, 0.4) is 0 Å². The number of methoxy groups -OCH3 is 1. The molecule has 2 aromatic carbocycles. The third-order valence-corrected chi connectivity index (χ3v) is 3.77. The van der Waals surface area contributed by atoms with Gasteiger partial charge in [0, 0.05) is 5.22 Å². The second-order valence-electron chi connectivity index (χ2n) is 5.50. The van der Waals surface area contributed by atoms with Crippen molar-refractivity contribution in [3.05, 3.63) is 76.2 Å². The molecular weight excluding hydrogens is 268 g/mol. The Balaban J connectivity index is 2.49. The van der Waals surface area contributed by atoms with Gasteiger partial charge in [0.2, 0.25) is 0 Å². The van der Waals surface area contributed by atoms with Crippen molar-refractivity contribution in [3.63, 3.8) is 0 Å². The van der Waals surface area contributed by atoms with Crippen LogP contribution < -0.4 is 10.4 Å². The van der Waals surface area contributed by atoms with Crippen LogP contribution in [0.4, 0.5) is 0 Å². The Labute approximate surface area is 133 Å². The number of aryl methyl sites for hydroxylation is 1.